The van der Waals surface area contributed by atoms with Crippen LogP contribution in [-0.4, -0.2) is 42.3 Å². The number of halogens is 3. The lowest BCUT2D eigenvalue weighted by Gasteiger charge is -2.59. The van der Waals surface area contributed by atoms with Crippen LogP contribution in [0.5, 0.6) is 0 Å². The van der Waals surface area contributed by atoms with Gasteiger partial charge in [-0.15, -0.1) is 0 Å². The molecule has 0 aromatic rings. The quantitative estimate of drug-likeness (QED) is 0.364. The molecule has 8 unspecified atom stereocenters. The lowest BCUT2D eigenvalue weighted by atomic mass is 9.47. The molecule has 6 heteroatoms. The molecule has 3 saturated carbocycles. The molecule has 3 fully saturated rings. The summed E-state index contributed by atoms with van der Waals surface area (Å²) in [7, 11) is 1.79. The molecule has 3 nitrogen and oxygen atoms in total. The first-order valence-electron chi connectivity index (χ1n) is 14.2. The molecule has 0 spiro atoms. The van der Waals surface area contributed by atoms with Crippen molar-refractivity contribution in [3.63, 3.8) is 0 Å². The highest BCUT2D eigenvalue weighted by atomic mass is 19.4. The molecule has 0 amide bonds. The predicted octanol–water partition coefficient (Wildman–Crippen LogP) is 7.70. The Morgan fingerprint density at radius 2 is 1.74 bits per heavy atom. The van der Waals surface area contributed by atoms with Crippen LogP contribution >= 0.6 is 0 Å². The van der Waals surface area contributed by atoms with Crippen LogP contribution in [0.15, 0.2) is 11.6 Å². The van der Waals surface area contributed by atoms with E-state index < -0.39 is 12.3 Å². The van der Waals surface area contributed by atoms with E-state index in [1.807, 2.05) is 27.7 Å². The van der Waals surface area contributed by atoms with Crippen LogP contribution in [0.1, 0.15) is 105 Å². The minimum atomic E-state index is -4.50. The van der Waals surface area contributed by atoms with Crippen molar-refractivity contribution < 1.29 is 28.1 Å². The van der Waals surface area contributed by atoms with E-state index in [-0.39, 0.29) is 23.4 Å². The SMILES string of the molecule is CC.CC.COCC12CCC(O)CC1=CCC1C2CCC2(C)C(CCCC(O)C(F)(F)F)CCC12. The molecule has 4 rings (SSSR count). The van der Waals surface area contributed by atoms with E-state index >= 15 is 0 Å². The molecule has 0 saturated heterocycles. The summed E-state index contributed by atoms with van der Waals surface area (Å²) < 4.78 is 43.7. The van der Waals surface area contributed by atoms with Gasteiger partial charge < -0.3 is 14.9 Å². The number of hydrogen-bond donors (Lipinski definition) is 2. The third kappa shape index (κ3) is 6.12. The summed E-state index contributed by atoms with van der Waals surface area (Å²) in [5, 5.41) is 19.6. The largest absolute Gasteiger partial charge is 0.414 e. The van der Waals surface area contributed by atoms with Crippen LogP contribution in [0.2, 0.25) is 0 Å². The Labute approximate surface area is 211 Å². The number of rotatable bonds is 6. The lowest BCUT2D eigenvalue weighted by Crippen LogP contribution is -2.53. The zero-order valence-corrected chi connectivity index (χ0v) is 23.0. The van der Waals surface area contributed by atoms with E-state index in [1.165, 1.54) is 12.0 Å². The summed E-state index contributed by atoms with van der Waals surface area (Å²) in [5.41, 5.74) is 1.67. The molecular formula is C29H51F3O3. The van der Waals surface area contributed by atoms with Crippen molar-refractivity contribution in [2.45, 2.75) is 124 Å². The molecule has 0 aromatic carbocycles. The Morgan fingerprint density at radius 3 is 2.37 bits per heavy atom. The maximum Gasteiger partial charge on any atom is 0.414 e. The standard InChI is InChI=1S/C25H39F3O3.2C2H6/c1-23-12-11-21-19(8-6-17-14-18(29)10-13-24(17,21)15-31-2)20(23)9-7-16(23)4-3-5-22(30)25(26,27)28;2*1-2/h6,16,18-22,29-30H,3-5,7-15H2,1-2H3;2*1-2H3. The van der Waals surface area contributed by atoms with Crippen molar-refractivity contribution >= 4 is 0 Å². The van der Waals surface area contributed by atoms with Crippen molar-refractivity contribution in [3.8, 4) is 0 Å². The van der Waals surface area contributed by atoms with Crippen molar-refractivity contribution in [1.82, 2.24) is 0 Å². The van der Waals surface area contributed by atoms with E-state index in [9.17, 15) is 23.4 Å². The van der Waals surface area contributed by atoms with Gasteiger partial charge in [-0.1, -0.05) is 52.7 Å². The number of fused-ring (bicyclic) bond motifs is 5. The highest BCUT2D eigenvalue weighted by Crippen LogP contribution is 2.66. The monoisotopic (exact) mass is 504 g/mol. The molecule has 2 N–H and O–H groups in total. The lowest BCUT2D eigenvalue weighted by molar-refractivity contribution is -0.205. The zero-order chi connectivity index (χ0) is 26.4. The van der Waals surface area contributed by atoms with Crippen LogP contribution in [0.3, 0.4) is 0 Å². The summed E-state index contributed by atoms with van der Waals surface area (Å²) in [4.78, 5) is 0. The van der Waals surface area contributed by atoms with E-state index in [1.54, 1.807) is 7.11 Å². The molecule has 4 aliphatic carbocycles. The normalized spacial score (nSPS) is 38.9. The van der Waals surface area contributed by atoms with Gasteiger partial charge in [-0.05, 0) is 93.3 Å². The van der Waals surface area contributed by atoms with E-state index in [0.717, 1.165) is 58.0 Å². The number of methoxy groups -OCH3 is 1. The van der Waals surface area contributed by atoms with Crippen LogP contribution in [0.25, 0.3) is 0 Å². The predicted molar refractivity (Wildman–Crippen MR) is 136 cm³/mol. The third-order valence-electron chi connectivity index (χ3n) is 9.81. The summed E-state index contributed by atoms with van der Waals surface area (Å²) in [5.74, 6) is 2.26. The second kappa shape index (κ2) is 12.8. The second-order valence-electron chi connectivity index (χ2n) is 11.1. The van der Waals surface area contributed by atoms with Gasteiger partial charge in [0.25, 0.3) is 0 Å². The summed E-state index contributed by atoms with van der Waals surface area (Å²) in [6.07, 6.45) is 4.75. The summed E-state index contributed by atoms with van der Waals surface area (Å²) in [6.45, 7) is 11.1. The Morgan fingerprint density at radius 1 is 1.06 bits per heavy atom. The molecule has 4 aliphatic rings. The van der Waals surface area contributed by atoms with Crippen LogP contribution in [-0.2, 0) is 4.74 Å². The molecule has 8 atom stereocenters. The van der Waals surface area contributed by atoms with Gasteiger partial charge in [0, 0.05) is 12.5 Å². The fourth-order valence-electron chi connectivity index (χ4n) is 8.27. The number of alkyl halides is 3. The molecule has 206 valence electrons. The topological polar surface area (TPSA) is 49.7 Å². The maximum atomic E-state index is 12.7. The number of aliphatic hydroxyl groups excluding tert-OH is 2. The summed E-state index contributed by atoms with van der Waals surface area (Å²) in [6, 6.07) is 0. The fourth-order valence-corrected chi connectivity index (χ4v) is 8.27. The molecule has 0 aromatic heterocycles. The Balaban J connectivity index is 0.00000103. The van der Waals surface area contributed by atoms with Crippen molar-refractivity contribution in [3.05, 3.63) is 11.6 Å². The van der Waals surface area contributed by atoms with Gasteiger partial charge in [0.1, 0.15) is 6.10 Å². The molecule has 0 heterocycles. The maximum absolute atomic E-state index is 12.7. The van der Waals surface area contributed by atoms with Gasteiger partial charge in [-0.25, -0.2) is 0 Å². The molecule has 35 heavy (non-hydrogen) atoms. The van der Waals surface area contributed by atoms with Crippen molar-refractivity contribution in [2.24, 2.45) is 34.5 Å². The van der Waals surface area contributed by atoms with Gasteiger partial charge in [-0.3, -0.25) is 0 Å². The molecular weight excluding hydrogens is 453 g/mol. The van der Waals surface area contributed by atoms with Crippen LogP contribution in [0, 0.1) is 34.5 Å². The summed E-state index contributed by atoms with van der Waals surface area (Å²) >= 11 is 0. The average Bonchev–Trinajstić information content (AvgIpc) is 3.18. The van der Waals surface area contributed by atoms with Gasteiger partial charge in [0.05, 0.1) is 12.7 Å². The first-order valence-corrected chi connectivity index (χ1v) is 14.2. The third-order valence-corrected chi connectivity index (χ3v) is 9.81. The number of aliphatic hydroxyl groups is 2. The Kier molecular flexibility index (Phi) is 11.2. The van der Waals surface area contributed by atoms with Gasteiger partial charge in [0.2, 0.25) is 0 Å². The highest BCUT2D eigenvalue weighted by molar-refractivity contribution is 5.26. The highest BCUT2D eigenvalue weighted by Gasteiger charge is 2.59. The van der Waals surface area contributed by atoms with E-state index in [4.69, 9.17) is 4.74 Å². The van der Waals surface area contributed by atoms with Crippen LogP contribution in [0.4, 0.5) is 13.2 Å². The first-order chi connectivity index (χ1) is 16.6. The smallest absolute Gasteiger partial charge is 0.393 e. The van der Waals surface area contributed by atoms with Gasteiger partial charge in [-0.2, -0.15) is 13.2 Å². The second-order valence-corrected chi connectivity index (χ2v) is 11.1. The zero-order valence-electron chi connectivity index (χ0n) is 23.0. The van der Waals surface area contributed by atoms with Gasteiger partial charge in [0.15, 0.2) is 0 Å². The average molecular weight is 505 g/mol. The molecule has 0 radical (unpaired) electrons. The van der Waals surface area contributed by atoms with Crippen molar-refractivity contribution in [2.75, 3.05) is 13.7 Å². The first kappa shape index (κ1) is 30.6. The number of allylic oxidation sites excluding steroid dienone is 1. The minimum absolute atomic E-state index is 0.0626. The number of ether oxygens (including phenoxy) is 1. The van der Waals surface area contributed by atoms with E-state index in [2.05, 4.69) is 13.0 Å². The Bertz CT molecular complexity index is 679. The van der Waals surface area contributed by atoms with Crippen molar-refractivity contribution in [1.29, 1.82) is 0 Å². The number of hydrogen-bond acceptors (Lipinski definition) is 3. The minimum Gasteiger partial charge on any atom is -0.393 e. The fraction of sp³-hybridized carbons (Fsp3) is 0.931. The Hall–Kier alpha value is -0.590. The molecule has 0 bridgehead atoms. The van der Waals surface area contributed by atoms with E-state index in [0.29, 0.717) is 30.1 Å². The van der Waals surface area contributed by atoms with Crippen LogP contribution < -0.4 is 0 Å². The molecule has 0 aliphatic heterocycles. The van der Waals surface area contributed by atoms with Gasteiger partial charge >= 0.3 is 6.18 Å².